The number of hydrogen-bond acceptors (Lipinski definition) is 3. The molecular weight excluding hydrogens is 290 g/mol. The van der Waals surface area contributed by atoms with E-state index in [-0.39, 0.29) is 11.8 Å². The fourth-order valence-electron chi connectivity index (χ4n) is 2.76. The number of benzene rings is 1. The van der Waals surface area contributed by atoms with Crippen molar-refractivity contribution in [3.05, 3.63) is 65.5 Å². The second-order valence-electron chi connectivity index (χ2n) is 5.58. The first-order valence-electron chi connectivity index (χ1n) is 7.77. The van der Waals surface area contributed by atoms with Gasteiger partial charge in [-0.3, -0.25) is 14.6 Å². The summed E-state index contributed by atoms with van der Waals surface area (Å²) in [6.45, 7) is 1.75. The summed E-state index contributed by atoms with van der Waals surface area (Å²) in [5, 5.41) is 2.77. The summed E-state index contributed by atoms with van der Waals surface area (Å²) in [7, 11) is 0. The normalized spacial score (nSPS) is 13.3. The van der Waals surface area contributed by atoms with Gasteiger partial charge in [0.15, 0.2) is 0 Å². The molecule has 0 saturated heterocycles. The summed E-state index contributed by atoms with van der Waals surface area (Å²) in [5.74, 6) is -0.0984. The molecule has 0 bridgehead atoms. The standard InChI is InChI=1S/C18H19N3O2/c22-17(7-11-20-18(23)15-5-9-19-10-6-15)21-12-8-14-3-1-2-4-16(14)13-21/h1-6,9-10H,7-8,11-13H2,(H,20,23). The zero-order valence-corrected chi connectivity index (χ0v) is 12.9. The van der Waals surface area contributed by atoms with Crippen LogP contribution in [-0.4, -0.2) is 34.8 Å². The minimum Gasteiger partial charge on any atom is -0.352 e. The highest BCUT2D eigenvalue weighted by molar-refractivity contribution is 5.94. The van der Waals surface area contributed by atoms with Crippen molar-refractivity contribution in [2.75, 3.05) is 13.1 Å². The van der Waals surface area contributed by atoms with E-state index in [1.165, 1.54) is 11.1 Å². The molecule has 0 saturated carbocycles. The summed E-state index contributed by atoms with van der Waals surface area (Å²) in [6.07, 6.45) is 4.36. The Morgan fingerprint density at radius 3 is 2.61 bits per heavy atom. The molecule has 0 spiro atoms. The van der Waals surface area contributed by atoms with Gasteiger partial charge in [-0.2, -0.15) is 0 Å². The van der Waals surface area contributed by atoms with Crippen molar-refractivity contribution in [2.24, 2.45) is 0 Å². The lowest BCUT2D eigenvalue weighted by Crippen LogP contribution is -2.38. The summed E-state index contributed by atoms with van der Waals surface area (Å²) in [6, 6.07) is 11.5. The molecule has 1 aliphatic heterocycles. The smallest absolute Gasteiger partial charge is 0.251 e. The molecule has 0 radical (unpaired) electrons. The molecule has 2 heterocycles. The van der Waals surface area contributed by atoms with E-state index in [1.54, 1.807) is 24.5 Å². The van der Waals surface area contributed by atoms with E-state index < -0.39 is 0 Å². The molecule has 1 aromatic heterocycles. The van der Waals surface area contributed by atoms with E-state index in [0.29, 0.717) is 25.1 Å². The Morgan fingerprint density at radius 1 is 1.09 bits per heavy atom. The third-order valence-corrected chi connectivity index (χ3v) is 4.05. The van der Waals surface area contributed by atoms with Gasteiger partial charge in [0.1, 0.15) is 0 Å². The van der Waals surface area contributed by atoms with Gasteiger partial charge in [-0.15, -0.1) is 0 Å². The van der Waals surface area contributed by atoms with Crippen LogP contribution >= 0.6 is 0 Å². The van der Waals surface area contributed by atoms with E-state index in [4.69, 9.17) is 0 Å². The maximum Gasteiger partial charge on any atom is 0.251 e. The fourth-order valence-corrected chi connectivity index (χ4v) is 2.76. The van der Waals surface area contributed by atoms with Crippen molar-refractivity contribution in [3.8, 4) is 0 Å². The zero-order chi connectivity index (χ0) is 16.1. The van der Waals surface area contributed by atoms with E-state index in [0.717, 1.165) is 13.0 Å². The molecule has 2 amide bonds. The Bertz CT molecular complexity index is 700. The number of rotatable bonds is 4. The molecule has 1 aromatic carbocycles. The SMILES string of the molecule is O=C(NCCC(=O)N1CCc2ccccc2C1)c1ccncc1. The molecule has 0 aliphatic carbocycles. The van der Waals surface area contributed by atoms with E-state index in [2.05, 4.69) is 22.4 Å². The third-order valence-electron chi connectivity index (χ3n) is 4.05. The maximum atomic E-state index is 12.3. The lowest BCUT2D eigenvalue weighted by molar-refractivity contribution is -0.131. The zero-order valence-electron chi connectivity index (χ0n) is 12.9. The largest absolute Gasteiger partial charge is 0.352 e. The van der Waals surface area contributed by atoms with Gasteiger partial charge in [0.05, 0.1) is 0 Å². The van der Waals surface area contributed by atoms with Crippen molar-refractivity contribution in [1.82, 2.24) is 15.2 Å². The van der Waals surface area contributed by atoms with Crippen LogP contribution in [0.15, 0.2) is 48.8 Å². The second-order valence-corrected chi connectivity index (χ2v) is 5.58. The Balaban J connectivity index is 1.48. The van der Waals surface area contributed by atoms with Crippen molar-refractivity contribution < 1.29 is 9.59 Å². The van der Waals surface area contributed by atoms with Crippen LogP contribution in [0.4, 0.5) is 0 Å². The second kappa shape index (κ2) is 7.05. The molecule has 1 aliphatic rings. The highest BCUT2D eigenvalue weighted by Crippen LogP contribution is 2.18. The predicted molar refractivity (Wildman–Crippen MR) is 86.8 cm³/mol. The van der Waals surface area contributed by atoms with E-state index in [9.17, 15) is 9.59 Å². The number of fused-ring (bicyclic) bond motifs is 1. The van der Waals surface area contributed by atoms with Gasteiger partial charge >= 0.3 is 0 Å². The molecule has 3 rings (SSSR count). The summed E-state index contributed by atoms with van der Waals surface area (Å²) >= 11 is 0. The number of aromatic nitrogens is 1. The molecule has 0 unspecified atom stereocenters. The van der Waals surface area contributed by atoms with Gasteiger partial charge < -0.3 is 10.2 Å². The summed E-state index contributed by atoms with van der Waals surface area (Å²) in [4.78, 5) is 29.9. The first-order chi connectivity index (χ1) is 11.2. The maximum absolute atomic E-state index is 12.3. The van der Waals surface area contributed by atoms with Crippen LogP contribution in [0.3, 0.4) is 0 Å². The van der Waals surface area contributed by atoms with Crippen molar-refractivity contribution in [2.45, 2.75) is 19.4 Å². The topological polar surface area (TPSA) is 62.3 Å². The molecule has 5 heteroatoms. The summed E-state index contributed by atoms with van der Waals surface area (Å²) < 4.78 is 0. The number of nitrogens with one attached hydrogen (secondary N) is 1. The van der Waals surface area contributed by atoms with Crippen LogP contribution in [-0.2, 0) is 17.8 Å². The minimum absolute atomic E-state index is 0.0783. The molecule has 2 aromatic rings. The number of carbonyl (C=O) groups excluding carboxylic acids is 2. The van der Waals surface area contributed by atoms with Gasteiger partial charge in [0.25, 0.3) is 5.91 Å². The molecule has 0 fully saturated rings. The van der Waals surface area contributed by atoms with Crippen LogP contribution < -0.4 is 5.32 Å². The van der Waals surface area contributed by atoms with Gasteiger partial charge in [0, 0.05) is 44.0 Å². The first kappa shape index (κ1) is 15.2. The van der Waals surface area contributed by atoms with Gasteiger partial charge in [0.2, 0.25) is 5.91 Å². The molecular formula is C18H19N3O2. The Kier molecular flexibility index (Phi) is 4.66. The molecule has 23 heavy (non-hydrogen) atoms. The van der Waals surface area contributed by atoms with Crippen LogP contribution in [0.1, 0.15) is 27.9 Å². The highest BCUT2D eigenvalue weighted by Gasteiger charge is 2.20. The lowest BCUT2D eigenvalue weighted by Gasteiger charge is -2.29. The van der Waals surface area contributed by atoms with Crippen LogP contribution in [0.25, 0.3) is 0 Å². The molecule has 1 N–H and O–H groups in total. The molecule has 118 valence electrons. The minimum atomic E-state index is -0.177. The van der Waals surface area contributed by atoms with Crippen LogP contribution in [0, 0.1) is 0 Å². The van der Waals surface area contributed by atoms with Gasteiger partial charge in [-0.25, -0.2) is 0 Å². The van der Waals surface area contributed by atoms with Gasteiger partial charge in [-0.1, -0.05) is 24.3 Å². The van der Waals surface area contributed by atoms with Gasteiger partial charge in [-0.05, 0) is 29.7 Å². The number of nitrogens with zero attached hydrogens (tertiary/aromatic N) is 2. The number of carbonyl (C=O) groups is 2. The van der Waals surface area contributed by atoms with Crippen molar-refractivity contribution in [3.63, 3.8) is 0 Å². The monoisotopic (exact) mass is 309 g/mol. The molecule has 5 nitrogen and oxygen atoms in total. The third kappa shape index (κ3) is 3.74. The van der Waals surface area contributed by atoms with E-state index in [1.807, 2.05) is 17.0 Å². The van der Waals surface area contributed by atoms with Crippen LogP contribution in [0.2, 0.25) is 0 Å². The molecule has 0 atom stereocenters. The number of pyridine rings is 1. The Labute approximate surface area is 135 Å². The number of hydrogen-bond donors (Lipinski definition) is 1. The van der Waals surface area contributed by atoms with Crippen LogP contribution in [0.5, 0.6) is 0 Å². The highest BCUT2D eigenvalue weighted by atomic mass is 16.2. The Hall–Kier alpha value is -2.69. The summed E-state index contributed by atoms with van der Waals surface area (Å²) in [5.41, 5.74) is 3.09. The van der Waals surface area contributed by atoms with Crippen molar-refractivity contribution >= 4 is 11.8 Å². The average Bonchev–Trinajstić information content (AvgIpc) is 2.61. The first-order valence-corrected chi connectivity index (χ1v) is 7.77. The lowest BCUT2D eigenvalue weighted by atomic mass is 10.00. The Morgan fingerprint density at radius 2 is 1.83 bits per heavy atom. The van der Waals surface area contributed by atoms with Crippen molar-refractivity contribution in [1.29, 1.82) is 0 Å². The number of amides is 2. The fraction of sp³-hybridized carbons (Fsp3) is 0.278. The average molecular weight is 309 g/mol. The predicted octanol–water partition coefficient (Wildman–Crippen LogP) is 1.79. The van der Waals surface area contributed by atoms with E-state index >= 15 is 0 Å². The quantitative estimate of drug-likeness (QED) is 0.936.